The highest BCUT2D eigenvalue weighted by molar-refractivity contribution is 7.00. The van der Waals surface area contributed by atoms with Crippen molar-refractivity contribution < 1.29 is 13.9 Å². The Morgan fingerprint density at radius 2 is 1.23 bits per heavy atom. The molecular weight excluding hydrogens is 795 g/mol. The van der Waals surface area contributed by atoms with Gasteiger partial charge in [-0.2, -0.15) is 0 Å². The number of hydrogen-bond acceptors (Lipinski definition) is 5. The Morgan fingerprint density at radius 3 is 2.03 bits per heavy atom. The van der Waals surface area contributed by atoms with Crippen LogP contribution in [0.15, 0.2) is 168 Å². The molecule has 0 N–H and O–H groups in total. The first-order valence-electron chi connectivity index (χ1n) is 22.8. The summed E-state index contributed by atoms with van der Waals surface area (Å²) in [5.41, 5.74) is 22.3. The van der Waals surface area contributed by atoms with E-state index in [2.05, 4.69) is 209 Å². The molecule has 0 amide bonds. The quantitative estimate of drug-likeness (QED) is 0.165. The molecule has 9 aromatic rings. The van der Waals surface area contributed by atoms with Gasteiger partial charge in [0.25, 0.3) is 6.71 Å². The molecule has 65 heavy (non-hydrogen) atoms. The Bertz CT molecular complexity index is 3440. The smallest absolute Gasteiger partial charge is 0.252 e. The van der Waals surface area contributed by atoms with Gasteiger partial charge in [-0.25, -0.2) is 0 Å². The lowest BCUT2D eigenvalue weighted by Gasteiger charge is -2.44. The molecule has 0 fully saturated rings. The summed E-state index contributed by atoms with van der Waals surface area (Å²) in [5.74, 6) is 2.40. The van der Waals surface area contributed by atoms with Gasteiger partial charge in [0.15, 0.2) is 11.5 Å². The summed E-state index contributed by atoms with van der Waals surface area (Å²) in [6, 6.07) is 60.5. The van der Waals surface area contributed by atoms with Gasteiger partial charge in [0, 0.05) is 56.6 Å². The number of hydrogen-bond donors (Lipinski definition) is 0. The molecule has 6 heteroatoms. The Balaban J connectivity index is 1.09. The molecule has 1 aliphatic carbocycles. The highest BCUT2D eigenvalue weighted by atomic mass is 16.7. The molecule has 314 valence electrons. The van der Waals surface area contributed by atoms with Crippen LogP contribution in [0.3, 0.4) is 0 Å². The average molecular weight is 843 g/mol. The maximum Gasteiger partial charge on any atom is 0.252 e. The SMILES string of the molecule is Cc1cc2c3c(c1)N(c1ccccc1)c1cc4c(cc1B3c1cc(C(C)(C)C)ccc1N2c1cc(-c2ccc3c(c2)C(C)(C)c2ccccc2-3)cc(-c2cc3ccccc3o2)c1)OCO4. The van der Waals surface area contributed by atoms with Crippen LogP contribution in [0, 0.1) is 6.92 Å². The molecule has 0 atom stereocenters. The summed E-state index contributed by atoms with van der Waals surface area (Å²) in [5, 5.41) is 1.08. The molecule has 0 saturated heterocycles. The van der Waals surface area contributed by atoms with Crippen molar-refractivity contribution >= 4 is 68.2 Å². The summed E-state index contributed by atoms with van der Waals surface area (Å²) in [7, 11) is 0. The van der Waals surface area contributed by atoms with E-state index in [0.29, 0.717) is 0 Å². The van der Waals surface area contributed by atoms with Gasteiger partial charge in [-0.1, -0.05) is 120 Å². The van der Waals surface area contributed by atoms with Crippen molar-refractivity contribution in [2.45, 2.75) is 52.4 Å². The maximum absolute atomic E-state index is 6.70. The molecule has 0 spiro atoms. The van der Waals surface area contributed by atoms with E-state index in [-0.39, 0.29) is 24.3 Å². The van der Waals surface area contributed by atoms with Crippen molar-refractivity contribution in [2.24, 2.45) is 0 Å². The Hall–Kier alpha value is -7.44. The average Bonchev–Trinajstić information content (AvgIpc) is 4.02. The fourth-order valence-electron chi connectivity index (χ4n) is 11.2. The number of ether oxygens (including phenoxy) is 2. The highest BCUT2D eigenvalue weighted by Gasteiger charge is 2.45. The topological polar surface area (TPSA) is 38.1 Å². The fraction of sp³-hybridized carbons (Fsp3) is 0.153. The predicted molar refractivity (Wildman–Crippen MR) is 268 cm³/mol. The maximum atomic E-state index is 6.70. The van der Waals surface area contributed by atoms with Gasteiger partial charge in [-0.15, -0.1) is 0 Å². The van der Waals surface area contributed by atoms with Crippen LogP contribution >= 0.6 is 0 Å². The summed E-state index contributed by atoms with van der Waals surface area (Å²) < 4.78 is 18.9. The molecule has 4 heterocycles. The first-order valence-corrected chi connectivity index (χ1v) is 22.8. The third-order valence-electron chi connectivity index (χ3n) is 14.4. The number of anilines is 6. The molecule has 8 aromatic carbocycles. The van der Waals surface area contributed by atoms with E-state index in [1.165, 1.54) is 55.3 Å². The predicted octanol–water partition coefficient (Wildman–Crippen LogP) is 13.5. The summed E-state index contributed by atoms with van der Waals surface area (Å²) >= 11 is 0. The number of rotatable bonds is 4. The first kappa shape index (κ1) is 38.1. The molecule has 0 unspecified atom stereocenters. The number of aryl methyl sites for hydroxylation is 1. The number of furan rings is 1. The van der Waals surface area contributed by atoms with E-state index >= 15 is 0 Å². The van der Waals surface area contributed by atoms with E-state index in [4.69, 9.17) is 13.9 Å². The van der Waals surface area contributed by atoms with Crippen molar-refractivity contribution in [3.05, 3.63) is 186 Å². The van der Waals surface area contributed by atoms with Gasteiger partial charge in [0.05, 0.1) is 0 Å². The van der Waals surface area contributed by atoms with E-state index < -0.39 is 0 Å². The Morgan fingerprint density at radius 1 is 0.538 bits per heavy atom. The lowest BCUT2D eigenvalue weighted by Crippen LogP contribution is -2.61. The molecule has 0 radical (unpaired) electrons. The van der Waals surface area contributed by atoms with Gasteiger partial charge < -0.3 is 23.7 Å². The van der Waals surface area contributed by atoms with E-state index in [0.717, 1.165) is 73.5 Å². The monoisotopic (exact) mass is 842 g/mol. The Kier molecular flexibility index (Phi) is 7.93. The van der Waals surface area contributed by atoms with Crippen LogP contribution in [-0.4, -0.2) is 13.5 Å². The van der Waals surface area contributed by atoms with E-state index in [1.807, 2.05) is 6.07 Å². The third-order valence-corrected chi connectivity index (χ3v) is 14.4. The molecule has 4 aliphatic rings. The fourth-order valence-corrected chi connectivity index (χ4v) is 11.2. The standard InChI is InChI=1S/C59H47BN2O3/c1-35-24-51-57-52(25-35)62(49-23-21-40(58(2,3)4)31-47(49)60(57)48-32-55-56(64-34-63-55)33-50(48)61(51)41-15-8-7-9-16-41)42-27-38(26-39(28-42)54-30-37-14-10-13-19-53(37)65-54)36-20-22-44-43-17-11-12-18-45(43)59(5,6)46(44)29-36/h7-33H,34H2,1-6H3. The largest absolute Gasteiger partial charge is 0.456 e. The molecule has 3 aliphatic heterocycles. The minimum Gasteiger partial charge on any atom is -0.456 e. The number of benzene rings is 8. The summed E-state index contributed by atoms with van der Waals surface area (Å²) in [4.78, 5) is 4.95. The molecule has 13 rings (SSSR count). The molecule has 0 bridgehead atoms. The third kappa shape index (κ3) is 5.66. The van der Waals surface area contributed by atoms with E-state index in [9.17, 15) is 0 Å². The normalized spacial score (nSPS) is 14.8. The van der Waals surface area contributed by atoms with Crippen LogP contribution < -0.4 is 35.7 Å². The second-order valence-electron chi connectivity index (χ2n) is 19.8. The highest BCUT2D eigenvalue weighted by Crippen LogP contribution is 2.52. The number of nitrogens with zero attached hydrogens (tertiary/aromatic N) is 2. The second kappa shape index (κ2) is 13.5. The zero-order valence-electron chi connectivity index (χ0n) is 37.5. The van der Waals surface area contributed by atoms with Crippen molar-refractivity contribution in [2.75, 3.05) is 16.6 Å². The molecular formula is C59H47BN2O3. The molecule has 5 nitrogen and oxygen atoms in total. The number of fused-ring (bicyclic) bond motifs is 9. The van der Waals surface area contributed by atoms with Gasteiger partial charge in [0.2, 0.25) is 6.79 Å². The Labute approximate surface area is 380 Å². The lowest BCUT2D eigenvalue weighted by molar-refractivity contribution is 0.174. The first-order chi connectivity index (χ1) is 31.5. The van der Waals surface area contributed by atoms with Gasteiger partial charge in [0.1, 0.15) is 11.3 Å². The van der Waals surface area contributed by atoms with Gasteiger partial charge in [-0.3, -0.25) is 0 Å². The van der Waals surface area contributed by atoms with Crippen LogP contribution in [0.2, 0.25) is 0 Å². The van der Waals surface area contributed by atoms with Crippen LogP contribution in [0.5, 0.6) is 11.5 Å². The summed E-state index contributed by atoms with van der Waals surface area (Å²) in [6.45, 7) is 14.0. The summed E-state index contributed by atoms with van der Waals surface area (Å²) in [6.07, 6.45) is 0. The van der Waals surface area contributed by atoms with Crippen molar-refractivity contribution in [1.82, 2.24) is 0 Å². The minimum absolute atomic E-state index is 0.0720. The van der Waals surface area contributed by atoms with Gasteiger partial charge in [-0.05, 0) is 146 Å². The van der Waals surface area contributed by atoms with Crippen LogP contribution in [0.1, 0.15) is 56.9 Å². The molecule has 0 saturated carbocycles. The lowest BCUT2D eigenvalue weighted by atomic mass is 9.33. The zero-order chi connectivity index (χ0) is 43.9. The molecule has 1 aromatic heterocycles. The second-order valence-corrected chi connectivity index (χ2v) is 19.8. The van der Waals surface area contributed by atoms with Crippen molar-refractivity contribution in [1.29, 1.82) is 0 Å². The number of para-hydroxylation sites is 2. The van der Waals surface area contributed by atoms with Gasteiger partial charge >= 0.3 is 0 Å². The minimum atomic E-state index is -0.133. The zero-order valence-corrected chi connectivity index (χ0v) is 37.5. The van der Waals surface area contributed by atoms with Crippen molar-refractivity contribution in [3.8, 4) is 45.1 Å². The van der Waals surface area contributed by atoms with Crippen LogP contribution in [-0.2, 0) is 10.8 Å². The van der Waals surface area contributed by atoms with Crippen molar-refractivity contribution in [3.63, 3.8) is 0 Å². The van der Waals surface area contributed by atoms with E-state index in [1.54, 1.807) is 0 Å². The van der Waals surface area contributed by atoms with Crippen LogP contribution in [0.25, 0.3) is 44.5 Å². The van der Waals surface area contributed by atoms with Crippen LogP contribution in [0.4, 0.5) is 34.1 Å².